The van der Waals surface area contributed by atoms with Crippen molar-refractivity contribution >= 4 is 5.97 Å². The van der Waals surface area contributed by atoms with Crippen molar-refractivity contribution in [2.45, 2.75) is 71.1 Å². The van der Waals surface area contributed by atoms with Gasteiger partial charge >= 0.3 is 5.97 Å². The molecule has 0 aliphatic carbocycles. The highest BCUT2D eigenvalue weighted by Crippen LogP contribution is 2.14. The van der Waals surface area contributed by atoms with Crippen LogP contribution in [0.3, 0.4) is 0 Å². The summed E-state index contributed by atoms with van der Waals surface area (Å²) >= 11 is 0. The number of unbranched alkanes of at least 4 members (excludes halogenated alkanes) is 7. The van der Waals surface area contributed by atoms with Gasteiger partial charge in [0.1, 0.15) is 0 Å². The topological polar surface area (TPSA) is 68.0 Å². The van der Waals surface area contributed by atoms with Crippen molar-refractivity contribution in [2.24, 2.45) is 0 Å². The van der Waals surface area contributed by atoms with E-state index in [0.29, 0.717) is 6.42 Å². The van der Waals surface area contributed by atoms with E-state index >= 15 is 0 Å². The Morgan fingerprint density at radius 2 is 1.64 bits per heavy atom. The molecule has 0 saturated heterocycles. The summed E-state index contributed by atoms with van der Waals surface area (Å²) in [4.78, 5) is 10.4. The van der Waals surface area contributed by atoms with E-state index in [1.807, 2.05) is 23.0 Å². The van der Waals surface area contributed by atoms with Gasteiger partial charge in [-0.25, -0.2) is 4.68 Å². The van der Waals surface area contributed by atoms with Gasteiger partial charge in [0.05, 0.1) is 17.6 Å². The molecule has 136 valence electrons. The van der Waals surface area contributed by atoms with E-state index in [4.69, 9.17) is 5.11 Å². The molecule has 2 aromatic rings. The van der Waals surface area contributed by atoms with Crippen molar-refractivity contribution in [3.63, 3.8) is 0 Å². The number of aromatic nitrogens is 3. The fourth-order valence-electron chi connectivity index (χ4n) is 2.99. The summed E-state index contributed by atoms with van der Waals surface area (Å²) in [5.41, 5.74) is 3.34. The van der Waals surface area contributed by atoms with Crippen LogP contribution in [0.5, 0.6) is 0 Å². The number of carbonyl (C=O) groups is 1. The van der Waals surface area contributed by atoms with Crippen LogP contribution in [-0.2, 0) is 11.2 Å². The summed E-state index contributed by atoms with van der Waals surface area (Å²) in [5, 5.41) is 17.1. The zero-order valence-electron chi connectivity index (χ0n) is 15.2. The van der Waals surface area contributed by atoms with E-state index in [1.165, 1.54) is 31.2 Å². The number of benzene rings is 1. The highest BCUT2D eigenvalue weighted by Gasteiger charge is 2.04. The predicted octanol–water partition coefficient (Wildman–Crippen LogP) is 4.71. The fraction of sp³-hybridized carbons (Fsp3) is 0.550. The van der Waals surface area contributed by atoms with Gasteiger partial charge in [0.15, 0.2) is 0 Å². The van der Waals surface area contributed by atoms with Gasteiger partial charge in [-0.05, 0) is 37.8 Å². The third kappa shape index (κ3) is 7.08. The number of aliphatic carboxylic acids is 1. The SMILES string of the molecule is Cc1ccccc1-n1cc(CCCCCCCCCCC(=O)O)nn1. The monoisotopic (exact) mass is 343 g/mol. The molecule has 1 aromatic heterocycles. The Hall–Kier alpha value is -2.17. The number of hydrogen-bond donors (Lipinski definition) is 1. The summed E-state index contributed by atoms with van der Waals surface area (Å²) in [5.74, 6) is -0.681. The van der Waals surface area contributed by atoms with Crippen molar-refractivity contribution in [1.29, 1.82) is 0 Å². The van der Waals surface area contributed by atoms with Crippen molar-refractivity contribution in [1.82, 2.24) is 15.0 Å². The molecule has 0 radical (unpaired) electrons. The zero-order valence-corrected chi connectivity index (χ0v) is 15.2. The third-order valence-corrected chi connectivity index (χ3v) is 4.48. The molecule has 5 nitrogen and oxygen atoms in total. The van der Waals surface area contributed by atoms with E-state index in [1.54, 1.807) is 0 Å². The molecule has 1 heterocycles. The van der Waals surface area contributed by atoms with E-state index < -0.39 is 5.97 Å². The highest BCUT2D eigenvalue weighted by molar-refractivity contribution is 5.66. The summed E-state index contributed by atoms with van der Waals surface area (Å²) in [6.07, 6.45) is 12.4. The van der Waals surface area contributed by atoms with Gasteiger partial charge in [-0.2, -0.15) is 0 Å². The first kappa shape index (κ1) is 19.2. The average molecular weight is 343 g/mol. The smallest absolute Gasteiger partial charge is 0.303 e. The Labute approximate surface area is 150 Å². The Balaban J connectivity index is 1.56. The van der Waals surface area contributed by atoms with Crippen LogP contribution in [0.2, 0.25) is 0 Å². The summed E-state index contributed by atoms with van der Waals surface area (Å²) in [6.45, 7) is 2.08. The van der Waals surface area contributed by atoms with Gasteiger partial charge in [-0.3, -0.25) is 4.79 Å². The number of aryl methyl sites for hydroxylation is 2. The van der Waals surface area contributed by atoms with Gasteiger partial charge in [-0.1, -0.05) is 61.9 Å². The van der Waals surface area contributed by atoms with E-state index in [-0.39, 0.29) is 0 Å². The lowest BCUT2D eigenvalue weighted by Crippen LogP contribution is -1.97. The van der Waals surface area contributed by atoms with Crippen molar-refractivity contribution in [3.8, 4) is 5.69 Å². The second-order valence-electron chi connectivity index (χ2n) is 6.66. The molecule has 25 heavy (non-hydrogen) atoms. The molecule has 1 N–H and O–H groups in total. The quantitative estimate of drug-likeness (QED) is 0.567. The third-order valence-electron chi connectivity index (χ3n) is 4.48. The van der Waals surface area contributed by atoms with E-state index in [9.17, 15) is 4.79 Å². The number of para-hydroxylation sites is 1. The van der Waals surface area contributed by atoms with Crippen LogP contribution in [0.15, 0.2) is 30.5 Å². The molecule has 0 saturated carbocycles. The normalized spacial score (nSPS) is 10.9. The molecule has 0 bridgehead atoms. The van der Waals surface area contributed by atoms with Gasteiger partial charge in [0.25, 0.3) is 0 Å². The first-order chi connectivity index (χ1) is 12.2. The van der Waals surface area contributed by atoms with Crippen molar-refractivity contribution in [2.75, 3.05) is 0 Å². The van der Waals surface area contributed by atoms with Crippen LogP contribution >= 0.6 is 0 Å². The summed E-state index contributed by atoms with van der Waals surface area (Å²) < 4.78 is 1.86. The van der Waals surface area contributed by atoms with E-state index in [0.717, 1.165) is 43.5 Å². The molecule has 5 heteroatoms. The lowest BCUT2D eigenvalue weighted by atomic mass is 10.1. The maximum atomic E-state index is 10.4. The fourth-order valence-corrected chi connectivity index (χ4v) is 2.99. The Morgan fingerprint density at radius 1 is 1.00 bits per heavy atom. The largest absolute Gasteiger partial charge is 0.481 e. The molecular weight excluding hydrogens is 314 g/mol. The molecule has 0 fully saturated rings. The number of carboxylic acids is 1. The Bertz CT molecular complexity index is 652. The molecule has 0 aliphatic heterocycles. The molecular formula is C20H29N3O2. The molecule has 0 spiro atoms. The van der Waals surface area contributed by atoms with Gasteiger partial charge in [-0.15, -0.1) is 5.10 Å². The first-order valence-corrected chi connectivity index (χ1v) is 9.36. The van der Waals surface area contributed by atoms with Gasteiger partial charge in [0.2, 0.25) is 0 Å². The average Bonchev–Trinajstić information content (AvgIpc) is 3.05. The minimum absolute atomic E-state index is 0.309. The molecule has 2 rings (SSSR count). The molecule has 0 unspecified atom stereocenters. The van der Waals surface area contributed by atoms with Crippen molar-refractivity contribution < 1.29 is 9.90 Å². The zero-order chi connectivity index (χ0) is 17.9. The minimum Gasteiger partial charge on any atom is -0.481 e. The molecule has 1 aromatic carbocycles. The van der Waals surface area contributed by atoms with Crippen LogP contribution in [-0.4, -0.2) is 26.1 Å². The second kappa shape index (κ2) is 10.6. The minimum atomic E-state index is -0.681. The number of hydrogen-bond acceptors (Lipinski definition) is 3. The van der Waals surface area contributed by atoms with Crippen LogP contribution in [0, 0.1) is 6.92 Å². The lowest BCUT2D eigenvalue weighted by Gasteiger charge is -2.03. The first-order valence-electron chi connectivity index (χ1n) is 9.36. The second-order valence-corrected chi connectivity index (χ2v) is 6.66. The van der Waals surface area contributed by atoms with Crippen LogP contribution < -0.4 is 0 Å². The van der Waals surface area contributed by atoms with Gasteiger partial charge < -0.3 is 5.11 Å². The summed E-state index contributed by atoms with van der Waals surface area (Å²) in [6, 6.07) is 8.19. The molecule has 0 amide bonds. The number of rotatable bonds is 12. The van der Waals surface area contributed by atoms with Crippen molar-refractivity contribution in [3.05, 3.63) is 41.7 Å². The standard InChI is InChI=1S/C20H29N3O2/c1-17-12-10-11-14-19(17)23-16-18(21-22-23)13-8-6-4-2-3-5-7-9-15-20(24)25/h10-12,14,16H,2-9,13,15H2,1H3,(H,24,25). The predicted molar refractivity (Wildman–Crippen MR) is 99.0 cm³/mol. The maximum Gasteiger partial charge on any atom is 0.303 e. The van der Waals surface area contributed by atoms with Crippen LogP contribution in [0.1, 0.15) is 69.0 Å². The Kier molecular flexibility index (Phi) is 8.16. The lowest BCUT2D eigenvalue weighted by molar-refractivity contribution is -0.137. The van der Waals surface area contributed by atoms with Crippen LogP contribution in [0.25, 0.3) is 5.69 Å². The number of nitrogens with zero attached hydrogens (tertiary/aromatic N) is 3. The maximum absolute atomic E-state index is 10.4. The highest BCUT2D eigenvalue weighted by atomic mass is 16.4. The van der Waals surface area contributed by atoms with E-state index in [2.05, 4.69) is 29.4 Å². The molecule has 0 atom stereocenters. The molecule has 0 aliphatic rings. The Morgan fingerprint density at radius 3 is 2.32 bits per heavy atom. The van der Waals surface area contributed by atoms with Gasteiger partial charge in [0, 0.05) is 6.42 Å². The van der Waals surface area contributed by atoms with Crippen LogP contribution in [0.4, 0.5) is 0 Å². The number of carboxylic acid groups (broad SMARTS) is 1. The summed E-state index contributed by atoms with van der Waals surface area (Å²) in [7, 11) is 0.